The van der Waals surface area contributed by atoms with Crippen LogP contribution >= 0.6 is 0 Å². The van der Waals surface area contributed by atoms with Crippen molar-refractivity contribution < 1.29 is 19.4 Å². The number of anilines is 2. The number of rotatable bonds is 7. The Kier molecular flexibility index (Phi) is 5.41. The lowest BCUT2D eigenvalue weighted by Gasteiger charge is -2.13. The van der Waals surface area contributed by atoms with Crippen LogP contribution in [0.5, 0.6) is 11.5 Å². The van der Waals surface area contributed by atoms with Crippen molar-refractivity contribution in [2.45, 2.75) is 20.3 Å². The number of nitrogens with zero attached hydrogens (tertiary/aromatic N) is 2. The minimum Gasteiger partial charge on any atom is -0.493 e. The Morgan fingerprint density at radius 3 is 2.54 bits per heavy atom. The molecule has 0 atom stereocenters. The van der Waals surface area contributed by atoms with Crippen molar-refractivity contribution in [2.24, 2.45) is 0 Å². The molecule has 24 heavy (non-hydrogen) atoms. The maximum Gasteiger partial charge on any atom is 0.336 e. The Bertz CT molecular complexity index is 726. The molecule has 2 rings (SSSR count). The van der Waals surface area contributed by atoms with Gasteiger partial charge in [-0.3, -0.25) is 0 Å². The second kappa shape index (κ2) is 7.49. The zero-order valence-electron chi connectivity index (χ0n) is 13.6. The summed E-state index contributed by atoms with van der Waals surface area (Å²) < 4.78 is 11.2. The van der Waals surface area contributed by atoms with E-state index in [0.29, 0.717) is 42.4 Å². The third-order valence-electron chi connectivity index (χ3n) is 3.39. The van der Waals surface area contributed by atoms with Crippen molar-refractivity contribution in [1.29, 1.82) is 0 Å². The highest BCUT2D eigenvalue weighted by Gasteiger charge is 2.11. The van der Waals surface area contributed by atoms with E-state index in [9.17, 15) is 4.79 Å². The molecule has 0 bridgehead atoms. The second-order valence-corrected chi connectivity index (χ2v) is 5.17. The Balaban J connectivity index is 1.86. The Labute approximate surface area is 139 Å². The number of hydrogen-bond acceptors (Lipinski definition) is 7. The lowest BCUT2D eigenvalue weighted by Crippen LogP contribution is -2.10. The number of nitrogen functional groups attached to an aromatic ring is 2. The summed E-state index contributed by atoms with van der Waals surface area (Å²) >= 11 is 0. The number of carboxylic acid groups (broad SMARTS) is 1. The number of benzene rings is 1. The van der Waals surface area contributed by atoms with Crippen LogP contribution in [-0.2, 0) is 0 Å². The Hall–Kier alpha value is -3.03. The summed E-state index contributed by atoms with van der Waals surface area (Å²) in [5.74, 6) is 0.283. The molecule has 128 valence electrons. The smallest absolute Gasteiger partial charge is 0.336 e. The molecular formula is C16H20N4O4. The minimum atomic E-state index is -0.976. The van der Waals surface area contributed by atoms with Crippen molar-refractivity contribution in [2.75, 3.05) is 24.7 Å². The van der Waals surface area contributed by atoms with E-state index in [4.69, 9.17) is 26.0 Å². The van der Waals surface area contributed by atoms with Crippen LogP contribution in [0.2, 0.25) is 0 Å². The van der Waals surface area contributed by atoms with E-state index in [2.05, 4.69) is 9.97 Å². The molecule has 0 unspecified atom stereocenters. The van der Waals surface area contributed by atoms with Crippen LogP contribution in [0.15, 0.2) is 18.2 Å². The van der Waals surface area contributed by atoms with E-state index in [1.54, 1.807) is 32.0 Å². The van der Waals surface area contributed by atoms with Gasteiger partial charge in [-0.2, -0.15) is 4.98 Å². The first-order valence-electron chi connectivity index (χ1n) is 7.38. The summed E-state index contributed by atoms with van der Waals surface area (Å²) in [5, 5.41) is 9.09. The van der Waals surface area contributed by atoms with Crippen molar-refractivity contribution in [3.8, 4) is 11.5 Å². The molecule has 0 fully saturated rings. The fourth-order valence-corrected chi connectivity index (χ4v) is 2.20. The van der Waals surface area contributed by atoms with Crippen molar-refractivity contribution >= 4 is 17.7 Å². The van der Waals surface area contributed by atoms with Gasteiger partial charge in [-0.15, -0.1) is 0 Å². The van der Waals surface area contributed by atoms with Crippen LogP contribution in [0.1, 0.15) is 28.0 Å². The quantitative estimate of drug-likeness (QED) is 0.653. The lowest BCUT2D eigenvalue weighted by molar-refractivity contribution is 0.0695. The molecule has 0 radical (unpaired) electrons. The molecule has 0 saturated heterocycles. The summed E-state index contributed by atoms with van der Waals surface area (Å²) in [6, 6.07) is 4.93. The topological polar surface area (TPSA) is 134 Å². The van der Waals surface area contributed by atoms with Gasteiger partial charge in [0.05, 0.1) is 24.5 Å². The summed E-state index contributed by atoms with van der Waals surface area (Å²) in [7, 11) is 0. The van der Waals surface area contributed by atoms with E-state index in [1.807, 2.05) is 0 Å². The lowest BCUT2D eigenvalue weighted by atomic mass is 10.1. The molecule has 0 aliphatic heterocycles. The van der Waals surface area contributed by atoms with E-state index < -0.39 is 5.97 Å². The van der Waals surface area contributed by atoms with Gasteiger partial charge in [0.15, 0.2) is 11.6 Å². The number of hydrogen-bond donors (Lipinski definition) is 3. The van der Waals surface area contributed by atoms with Gasteiger partial charge in [-0.1, -0.05) is 6.07 Å². The van der Waals surface area contributed by atoms with E-state index in [-0.39, 0.29) is 17.3 Å². The molecule has 0 saturated carbocycles. The van der Waals surface area contributed by atoms with Crippen molar-refractivity contribution in [3.05, 3.63) is 35.0 Å². The summed E-state index contributed by atoms with van der Waals surface area (Å²) in [5.41, 5.74) is 12.6. The third-order valence-corrected chi connectivity index (χ3v) is 3.39. The van der Waals surface area contributed by atoms with Gasteiger partial charge in [0.2, 0.25) is 5.95 Å². The SMILES string of the molecule is Cc1nc(N)nc(N)c1OCCCOc1cccc(C(=O)O)c1C. The monoisotopic (exact) mass is 332 g/mol. The maximum absolute atomic E-state index is 11.1. The second-order valence-electron chi connectivity index (χ2n) is 5.17. The summed E-state index contributed by atoms with van der Waals surface area (Å²) in [6.45, 7) is 4.18. The number of ether oxygens (including phenoxy) is 2. The summed E-state index contributed by atoms with van der Waals surface area (Å²) in [4.78, 5) is 18.9. The van der Waals surface area contributed by atoms with Crippen LogP contribution in [0.25, 0.3) is 0 Å². The normalized spacial score (nSPS) is 10.4. The number of carboxylic acids is 1. The first-order chi connectivity index (χ1) is 11.4. The Morgan fingerprint density at radius 2 is 1.88 bits per heavy atom. The first kappa shape index (κ1) is 17.3. The number of carbonyl (C=O) groups is 1. The molecular weight excluding hydrogens is 312 g/mol. The van der Waals surface area contributed by atoms with Crippen molar-refractivity contribution in [3.63, 3.8) is 0 Å². The van der Waals surface area contributed by atoms with Crippen LogP contribution < -0.4 is 20.9 Å². The number of aryl methyl sites for hydroxylation is 1. The molecule has 1 heterocycles. The minimum absolute atomic E-state index is 0.106. The molecule has 8 nitrogen and oxygen atoms in total. The predicted molar refractivity (Wildman–Crippen MR) is 89.3 cm³/mol. The summed E-state index contributed by atoms with van der Waals surface area (Å²) in [6.07, 6.45) is 0.583. The maximum atomic E-state index is 11.1. The zero-order chi connectivity index (χ0) is 17.7. The highest BCUT2D eigenvalue weighted by Crippen LogP contribution is 2.24. The first-order valence-corrected chi connectivity index (χ1v) is 7.38. The Morgan fingerprint density at radius 1 is 1.17 bits per heavy atom. The van der Waals surface area contributed by atoms with E-state index in [0.717, 1.165) is 0 Å². The third kappa shape index (κ3) is 4.03. The number of aromatic carboxylic acids is 1. The largest absolute Gasteiger partial charge is 0.493 e. The zero-order valence-corrected chi connectivity index (χ0v) is 13.6. The average molecular weight is 332 g/mol. The highest BCUT2D eigenvalue weighted by atomic mass is 16.5. The van der Waals surface area contributed by atoms with Crippen LogP contribution in [0.3, 0.4) is 0 Å². The van der Waals surface area contributed by atoms with E-state index in [1.165, 1.54) is 0 Å². The van der Waals surface area contributed by atoms with Gasteiger partial charge >= 0.3 is 5.97 Å². The fourth-order valence-electron chi connectivity index (χ4n) is 2.20. The molecule has 0 amide bonds. The molecule has 1 aromatic carbocycles. The standard InChI is InChI=1S/C16H20N4O4/c1-9-11(15(21)22)5-3-6-12(9)23-7-4-8-24-13-10(2)19-16(18)20-14(13)17/h3,5-6H,4,7-8H2,1-2H3,(H,21,22)(H4,17,18,19,20). The fraction of sp³-hybridized carbons (Fsp3) is 0.312. The van der Waals surface area contributed by atoms with E-state index >= 15 is 0 Å². The molecule has 1 aromatic heterocycles. The van der Waals surface area contributed by atoms with Crippen LogP contribution in [0.4, 0.5) is 11.8 Å². The van der Waals surface area contributed by atoms with Crippen molar-refractivity contribution in [1.82, 2.24) is 9.97 Å². The number of aromatic nitrogens is 2. The number of nitrogens with two attached hydrogens (primary N) is 2. The molecule has 2 aromatic rings. The average Bonchev–Trinajstić information content (AvgIpc) is 2.50. The molecule has 8 heteroatoms. The van der Waals surface area contributed by atoms with Gasteiger partial charge in [-0.25, -0.2) is 9.78 Å². The van der Waals surface area contributed by atoms with Gasteiger partial charge in [0, 0.05) is 12.0 Å². The van der Waals surface area contributed by atoms with Crippen LogP contribution in [-0.4, -0.2) is 34.3 Å². The molecule has 0 aliphatic carbocycles. The molecule has 0 spiro atoms. The van der Waals surface area contributed by atoms with Gasteiger partial charge in [-0.05, 0) is 26.0 Å². The van der Waals surface area contributed by atoms with Gasteiger partial charge in [0.25, 0.3) is 0 Å². The van der Waals surface area contributed by atoms with Gasteiger partial charge in [0.1, 0.15) is 5.75 Å². The molecule has 5 N–H and O–H groups in total. The van der Waals surface area contributed by atoms with Crippen LogP contribution in [0, 0.1) is 13.8 Å². The predicted octanol–water partition coefficient (Wildman–Crippen LogP) is 1.80. The highest BCUT2D eigenvalue weighted by molar-refractivity contribution is 5.90. The molecule has 0 aliphatic rings. The van der Waals surface area contributed by atoms with Gasteiger partial charge < -0.3 is 26.0 Å².